The van der Waals surface area contributed by atoms with Gasteiger partial charge in [0.25, 0.3) is 5.69 Å². The standard InChI is InChI=1S/C13H17ClN2O3/c1-19-7-6-15(11-3-4-11)9-10-2-5-12(14)13(8-10)16(17)18/h2,5,8,11H,3-4,6-7,9H2,1H3. The molecule has 0 heterocycles. The Morgan fingerprint density at radius 1 is 1.53 bits per heavy atom. The van der Waals surface area contributed by atoms with Crippen molar-refractivity contribution < 1.29 is 9.66 Å². The molecule has 0 aliphatic heterocycles. The largest absolute Gasteiger partial charge is 0.383 e. The van der Waals surface area contributed by atoms with E-state index in [0.717, 1.165) is 12.1 Å². The third-order valence-corrected chi connectivity index (χ3v) is 3.56. The highest BCUT2D eigenvalue weighted by molar-refractivity contribution is 6.32. The zero-order chi connectivity index (χ0) is 13.8. The lowest BCUT2D eigenvalue weighted by atomic mass is 10.2. The third-order valence-electron chi connectivity index (χ3n) is 3.24. The number of halogens is 1. The summed E-state index contributed by atoms with van der Waals surface area (Å²) in [6.07, 6.45) is 2.39. The van der Waals surface area contributed by atoms with Crippen LogP contribution in [0.5, 0.6) is 0 Å². The quantitative estimate of drug-likeness (QED) is 0.571. The summed E-state index contributed by atoms with van der Waals surface area (Å²) in [4.78, 5) is 12.7. The fourth-order valence-corrected chi connectivity index (χ4v) is 2.26. The van der Waals surface area contributed by atoms with Crippen LogP contribution in [0.4, 0.5) is 5.69 Å². The molecule has 0 unspecified atom stereocenters. The summed E-state index contributed by atoms with van der Waals surface area (Å²) in [5, 5.41) is 11.0. The maximum absolute atomic E-state index is 10.9. The van der Waals surface area contributed by atoms with Crippen molar-refractivity contribution >= 4 is 17.3 Å². The second kappa shape index (κ2) is 6.32. The van der Waals surface area contributed by atoms with E-state index in [0.29, 0.717) is 19.2 Å². The minimum atomic E-state index is -0.442. The van der Waals surface area contributed by atoms with Crippen LogP contribution in [0.1, 0.15) is 18.4 Å². The number of methoxy groups -OCH3 is 1. The first-order valence-corrected chi connectivity index (χ1v) is 6.65. The van der Waals surface area contributed by atoms with E-state index in [-0.39, 0.29) is 10.7 Å². The van der Waals surface area contributed by atoms with Gasteiger partial charge in [0.15, 0.2) is 0 Å². The summed E-state index contributed by atoms with van der Waals surface area (Å²) in [5.41, 5.74) is 0.890. The summed E-state index contributed by atoms with van der Waals surface area (Å²) in [5.74, 6) is 0. The Kier molecular flexibility index (Phi) is 4.74. The number of ether oxygens (including phenoxy) is 1. The normalized spacial score (nSPS) is 14.9. The number of nitro groups is 1. The Hall–Kier alpha value is -1.17. The summed E-state index contributed by atoms with van der Waals surface area (Å²) in [6.45, 7) is 2.22. The van der Waals surface area contributed by atoms with Crippen LogP contribution >= 0.6 is 11.6 Å². The van der Waals surface area contributed by atoms with Gasteiger partial charge in [-0.1, -0.05) is 17.7 Å². The molecule has 1 aromatic carbocycles. The molecular formula is C13H17ClN2O3. The molecule has 1 aliphatic rings. The van der Waals surface area contributed by atoms with Gasteiger partial charge in [0.2, 0.25) is 0 Å². The molecule has 2 rings (SSSR count). The third kappa shape index (κ3) is 3.89. The molecular weight excluding hydrogens is 268 g/mol. The molecule has 0 radical (unpaired) electrons. The number of nitro benzene ring substituents is 1. The second-order valence-corrected chi connectivity index (χ2v) is 5.14. The van der Waals surface area contributed by atoms with Gasteiger partial charge in [0.1, 0.15) is 5.02 Å². The number of nitrogens with zero attached hydrogens (tertiary/aromatic N) is 2. The van der Waals surface area contributed by atoms with E-state index in [9.17, 15) is 10.1 Å². The van der Waals surface area contributed by atoms with E-state index in [4.69, 9.17) is 16.3 Å². The van der Waals surface area contributed by atoms with Crippen LogP contribution in [0.3, 0.4) is 0 Å². The SMILES string of the molecule is COCCN(Cc1ccc(Cl)c([N+](=O)[O-])c1)C1CC1. The Bertz CT molecular complexity index is 463. The molecule has 0 amide bonds. The first-order chi connectivity index (χ1) is 9.11. The summed E-state index contributed by atoms with van der Waals surface area (Å²) >= 11 is 5.81. The first-order valence-electron chi connectivity index (χ1n) is 6.27. The Morgan fingerprint density at radius 3 is 2.84 bits per heavy atom. The van der Waals surface area contributed by atoms with Crippen molar-refractivity contribution in [1.82, 2.24) is 4.90 Å². The molecule has 0 saturated heterocycles. The molecule has 1 fully saturated rings. The monoisotopic (exact) mass is 284 g/mol. The predicted molar refractivity (Wildman–Crippen MR) is 73.4 cm³/mol. The highest BCUT2D eigenvalue weighted by atomic mass is 35.5. The van der Waals surface area contributed by atoms with Crippen LogP contribution < -0.4 is 0 Å². The molecule has 0 atom stereocenters. The summed E-state index contributed by atoms with van der Waals surface area (Å²) in [7, 11) is 1.68. The molecule has 19 heavy (non-hydrogen) atoms. The second-order valence-electron chi connectivity index (χ2n) is 4.74. The number of hydrogen-bond donors (Lipinski definition) is 0. The number of benzene rings is 1. The van der Waals surface area contributed by atoms with Crippen molar-refractivity contribution in [3.8, 4) is 0 Å². The van der Waals surface area contributed by atoms with E-state index in [2.05, 4.69) is 4.90 Å². The average Bonchev–Trinajstić information content (AvgIpc) is 3.20. The van der Waals surface area contributed by atoms with Gasteiger partial charge < -0.3 is 4.74 Å². The zero-order valence-electron chi connectivity index (χ0n) is 10.8. The number of hydrogen-bond acceptors (Lipinski definition) is 4. The molecule has 5 nitrogen and oxygen atoms in total. The first kappa shape index (κ1) is 14.2. The number of rotatable bonds is 7. The van der Waals surface area contributed by atoms with E-state index >= 15 is 0 Å². The lowest BCUT2D eigenvalue weighted by Gasteiger charge is -2.21. The fraction of sp³-hybridized carbons (Fsp3) is 0.538. The lowest BCUT2D eigenvalue weighted by molar-refractivity contribution is -0.384. The topological polar surface area (TPSA) is 55.6 Å². The molecule has 1 saturated carbocycles. The van der Waals surface area contributed by atoms with Crippen molar-refractivity contribution in [1.29, 1.82) is 0 Å². The van der Waals surface area contributed by atoms with Crippen LogP contribution in [-0.4, -0.2) is 36.1 Å². The molecule has 104 valence electrons. The minimum Gasteiger partial charge on any atom is -0.383 e. The van der Waals surface area contributed by atoms with Gasteiger partial charge in [0.05, 0.1) is 11.5 Å². The van der Waals surface area contributed by atoms with Crippen molar-refractivity contribution in [2.75, 3.05) is 20.3 Å². The van der Waals surface area contributed by atoms with E-state index in [1.807, 2.05) is 6.07 Å². The molecule has 1 aliphatic carbocycles. The fourth-order valence-electron chi connectivity index (χ4n) is 2.07. The van der Waals surface area contributed by atoms with Gasteiger partial charge in [0, 0.05) is 32.3 Å². The van der Waals surface area contributed by atoms with Crippen molar-refractivity contribution in [2.45, 2.75) is 25.4 Å². The molecule has 6 heteroatoms. The maximum atomic E-state index is 10.9. The van der Waals surface area contributed by atoms with Gasteiger partial charge in [-0.25, -0.2) is 0 Å². The molecule has 0 N–H and O–H groups in total. The van der Waals surface area contributed by atoms with E-state index < -0.39 is 4.92 Å². The van der Waals surface area contributed by atoms with Gasteiger partial charge in [-0.05, 0) is 24.5 Å². The summed E-state index contributed by atoms with van der Waals surface area (Å²) in [6, 6.07) is 5.59. The highest BCUT2D eigenvalue weighted by Crippen LogP contribution is 2.30. The van der Waals surface area contributed by atoms with Crippen LogP contribution in [0.2, 0.25) is 5.02 Å². The molecule has 0 bridgehead atoms. The van der Waals surface area contributed by atoms with Gasteiger partial charge in [-0.3, -0.25) is 15.0 Å². The summed E-state index contributed by atoms with van der Waals surface area (Å²) < 4.78 is 5.10. The molecule has 0 spiro atoms. The minimum absolute atomic E-state index is 0.0262. The smallest absolute Gasteiger partial charge is 0.288 e. The van der Waals surface area contributed by atoms with Crippen LogP contribution in [0.15, 0.2) is 18.2 Å². The van der Waals surface area contributed by atoms with Crippen LogP contribution in [-0.2, 0) is 11.3 Å². The van der Waals surface area contributed by atoms with Gasteiger partial charge >= 0.3 is 0 Å². The average molecular weight is 285 g/mol. The van der Waals surface area contributed by atoms with Crippen molar-refractivity contribution in [3.05, 3.63) is 38.9 Å². The van der Waals surface area contributed by atoms with Gasteiger partial charge in [-0.2, -0.15) is 0 Å². The van der Waals surface area contributed by atoms with E-state index in [1.165, 1.54) is 12.8 Å². The predicted octanol–water partition coefficient (Wildman–Crippen LogP) is 2.86. The van der Waals surface area contributed by atoms with E-state index in [1.54, 1.807) is 19.2 Å². The van der Waals surface area contributed by atoms with Gasteiger partial charge in [-0.15, -0.1) is 0 Å². The molecule has 1 aromatic rings. The Labute approximate surface area is 117 Å². The Balaban J connectivity index is 2.08. The highest BCUT2D eigenvalue weighted by Gasteiger charge is 2.28. The zero-order valence-corrected chi connectivity index (χ0v) is 11.6. The van der Waals surface area contributed by atoms with Crippen molar-refractivity contribution in [2.24, 2.45) is 0 Å². The maximum Gasteiger partial charge on any atom is 0.288 e. The Morgan fingerprint density at radius 2 is 2.26 bits per heavy atom. The molecule has 0 aromatic heterocycles. The van der Waals surface area contributed by atoms with Crippen molar-refractivity contribution in [3.63, 3.8) is 0 Å². The van der Waals surface area contributed by atoms with Crippen LogP contribution in [0.25, 0.3) is 0 Å². The lowest BCUT2D eigenvalue weighted by Crippen LogP contribution is -2.29. The van der Waals surface area contributed by atoms with Crippen LogP contribution in [0, 0.1) is 10.1 Å².